The smallest absolute Gasteiger partial charge is 0.416 e. The summed E-state index contributed by atoms with van der Waals surface area (Å²) in [6, 6.07) is 18.3. The number of para-hydroxylation sites is 1. The van der Waals surface area contributed by atoms with Gasteiger partial charge in [-0.15, -0.1) is 0 Å². The van der Waals surface area contributed by atoms with Crippen molar-refractivity contribution in [3.8, 4) is 5.75 Å². The van der Waals surface area contributed by atoms with E-state index in [0.29, 0.717) is 29.0 Å². The molecule has 44 heavy (non-hydrogen) atoms. The van der Waals surface area contributed by atoms with Gasteiger partial charge in [0, 0.05) is 37.1 Å². The average Bonchev–Trinajstić information content (AvgIpc) is 3.01. The number of amides is 2. The topological polar surface area (TPSA) is 76.1 Å². The number of nitrogens with zero attached hydrogens (tertiary/aromatic N) is 2. The van der Waals surface area contributed by atoms with Gasteiger partial charge in [0.05, 0.1) is 37.3 Å². The van der Waals surface area contributed by atoms with Gasteiger partial charge in [-0.2, -0.15) is 13.2 Å². The van der Waals surface area contributed by atoms with Crippen molar-refractivity contribution in [2.45, 2.75) is 50.9 Å². The standard InChI is InChI=1S/C34H35F3N2O5/c1-21-8-15-25(16-9-21)39-30(41)19-17-27(32(39)26-6-4-5-7-28(26)43-3)33(42)44-20-23-12-18-29(40)38(2)31(23)22-10-13-24(14-11-22)34(35,36)37/h4-11,13-16,23,27,31-32H,12,17-20H2,1-3H3. The summed E-state index contributed by atoms with van der Waals surface area (Å²) in [5.41, 5.74) is 2.12. The lowest BCUT2D eigenvalue weighted by Crippen LogP contribution is -2.47. The van der Waals surface area contributed by atoms with Crippen molar-refractivity contribution in [2.24, 2.45) is 11.8 Å². The predicted molar refractivity (Wildman–Crippen MR) is 158 cm³/mol. The molecule has 7 nitrogen and oxygen atoms in total. The molecule has 2 saturated heterocycles. The van der Waals surface area contributed by atoms with E-state index in [2.05, 4.69) is 0 Å². The Hall–Kier alpha value is -4.34. The van der Waals surface area contributed by atoms with E-state index in [1.165, 1.54) is 24.1 Å². The van der Waals surface area contributed by atoms with Gasteiger partial charge in [-0.3, -0.25) is 14.4 Å². The number of hydrogen-bond acceptors (Lipinski definition) is 5. The van der Waals surface area contributed by atoms with Crippen LogP contribution in [0.5, 0.6) is 5.75 Å². The van der Waals surface area contributed by atoms with Gasteiger partial charge in [-0.05, 0) is 55.7 Å². The SMILES string of the molecule is COc1ccccc1C1C(C(=O)OCC2CCC(=O)N(C)C2c2ccc(C(F)(F)F)cc2)CCC(=O)N1c1ccc(C)cc1. The molecule has 5 rings (SSSR count). The van der Waals surface area contributed by atoms with Crippen LogP contribution >= 0.6 is 0 Å². The minimum atomic E-state index is -4.48. The molecule has 2 aliphatic heterocycles. The molecular weight excluding hydrogens is 573 g/mol. The number of methoxy groups -OCH3 is 1. The summed E-state index contributed by atoms with van der Waals surface area (Å²) in [7, 11) is 3.15. The molecule has 0 spiro atoms. The molecule has 2 heterocycles. The number of ether oxygens (including phenoxy) is 2. The van der Waals surface area contributed by atoms with Gasteiger partial charge in [0.15, 0.2) is 0 Å². The Bertz CT molecular complexity index is 1510. The highest BCUT2D eigenvalue weighted by Gasteiger charge is 2.44. The van der Waals surface area contributed by atoms with Crippen LogP contribution in [0.15, 0.2) is 72.8 Å². The van der Waals surface area contributed by atoms with Crippen LogP contribution in [0.25, 0.3) is 0 Å². The van der Waals surface area contributed by atoms with Crippen molar-refractivity contribution in [3.05, 3.63) is 95.1 Å². The number of esters is 1. The molecule has 4 atom stereocenters. The molecule has 2 amide bonds. The summed E-state index contributed by atoms with van der Waals surface area (Å²) in [6.45, 7) is 1.92. The zero-order chi connectivity index (χ0) is 31.6. The fraction of sp³-hybridized carbons (Fsp3) is 0.382. The summed E-state index contributed by atoms with van der Waals surface area (Å²) in [5, 5.41) is 0. The molecule has 0 N–H and O–H groups in total. The number of carbonyl (C=O) groups excluding carboxylic acids is 3. The second-order valence-electron chi connectivity index (χ2n) is 11.4. The molecular formula is C34H35F3N2O5. The van der Waals surface area contributed by atoms with Crippen molar-refractivity contribution >= 4 is 23.5 Å². The second kappa shape index (κ2) is 12.7. The number of halogens is 3. The van der Waals surface area contributed by atoms with Crippen molar-refractivity contribution in [3.63, 3.8) is 0 Å². The Morgan fingerprint density at radius 2 is 1.55 bits per heavy atom. The first-order valence-electron chi connectivity index (χ1n) is 14.6. The first kappa shape index (κ1) is 31.1. The van der Waals surface area contributed by atoms with Crippen LogP contribution in [-0.4, -0.2) is 43.4 Å². The van der Waals surface area contributed by atoms with Crippen molar-refractivity contribution in [1.82, 2.24) is 4.90 Å². The minimum Gasteiger partial charge on any atom is -0.496 e. The predicted octanol–water partition coefficient (Wildman–Crippen LogP) is 6.66. The lowest BCUT2D eigenvalue weighted by molar-refractivity contribution is -0.154. The Labute approximate surface area is 254 Å². The molecule has 0 saturated carbocycles. The van der Waals surface area contributed by atoms with E-state index >= 15 is 0 Å². The van der Waals surface area contributed by atoms with Crippen LogP contribution in [0.4, 0.5) is 18.9 Å². The number of likely N-dealkylation sites (tertiary alicyclic amines) is 1. The Morgan fingerprint density at radius 3 is 2.20 bits per heavy atom. The molecule has 2 fully saturated rings. The van der Waals surface area contributed by atoms with Gasteiger partial charge in [-0.25, -0.2) is 0 Å². The maximum atomic E-state index is 13.9. The van der Waals surface area contributed by atoms with Crippen molar-refractivity contribution < 1.29 is 37.0 Å². The molecule has 4 unspecified atom stereocenters. The number of rotatable bonds is 7. The van der Waals surface area contributed by atoms with Gasteiger partial charge in [0.2, 0.25) is 11.8 Å². The largest absolute Gasteiger partial charge is 0.496 e. The monoisotopic (exact) mass is 608 g/mol. The number of carbonyl (C=O) groups is 3. The lowest BCUT2D eigenvalue weighted by atomic mass is 9.83. The van der Waals surface area contributed by atoms with Crippen LogP contribution < -0.4 is 9.64 Å². The highest BCUT2D eigenvalue weighted by molar-refractivity contribution is 5.97. The zero-order valence-corrected chi connectivity index (χ0v) is 24.8. The normalized spacial score (nSPS) is 22.6. The highest BCUT2D eigenvalue weighted by atomic mass is 19.4. The van der Waals surface area contributed by atoms with E-state index in [0.717, 1.165) is 17.7 Å². The molecule has 0 aromatic heterocycles. The molecule has 3 aromatic rings. The van der Waals surface area contributed by atoms with Crippen LogP contribution in [0.3, 0.4) is 0 Å². The fourth-order valence-electron chi connectivity index (χ4n) is 6.37. The summed E-state index contributed by atoms with van der Waals surface area (Å²) in [5.74, 6) is -1.25. The molecule has 0 bridgehead atoms. The molecule has 232 valence electrons. The first-order chi connectivity index (χ1) is 21.0. The average molecular weight is 609 g/mol. The van der Waals surface area contributed by atoms with Gasteiger partial charge < -0.3 is 19.3 Å². The maximum absolute atomic E-state index is 13.9. The van der Waals surface area contributed by atoms with Crippen LogP contribution in [0.2, 0.25) is 0 Å². The van der Waals surface area contributed by atoms with Gasteiger partial charge in [0.25, 0.3) is 0 Å². The minimum absolute atomic E-state index is 0.0320. The van der Waals surface area contributed by atoms with Gasteiger partial charge in [-0.1, -0.05) is 48.0 Å². The summed E-state index contributed by atoms with van der Waals surface area (Å²) < 4.78 is 51.2. The third kappa shape index (κ3) is 6.30. The number of aryl methyl sites for hydroxylation is 1. The van der Waals surface area contributed by atoms with E-state index in [-0.39, 0.29) is 43.6 Å². The molecule has 0 aliphatic carbocycles. The Morgan fingerprint density at radius 1 is 0.886 bits per heavy atom. The van der Waals surface area contributed by atoms with Gasteiger partial charge >= 0.3 is 12.1 Å². The summed E-state index contributed by atoms with van der Waals surface area (Å²) >= 11 is 0. The number of piperidine rings is 2. The van der Waals surface area contributed by atoms with Crippen LogP contribution in [0, 0.1) is 18.8 Å². The third-order valence-electron chi connectivity index (χ3n) is 8.68. The molecule has 2 aliphatic rings. The number of benzene rings is 3. The van der Waals surface area contributed by atoms with E-state index in [4.69, 9.17) is 9.47 Å². The quantitative estimate of drug-likeness (QED) is 0.281. The second-order valence-corrected chi connectivity index (χ2v) is 11.4. The molecule has 0 radical (unpaired) electrons. The van der Waals surface area contributed by atoms with Gasteiger partial charge in [0.1, 0.15) is 5.75 Å². The number of hydrogen-bond donors (Lipinski definition) is 0. The van der Waals surface area contributed by atoms with E-state index in [9.17, 15) is 27.6 Å². The van der Waals surface area contributed by atoms with Crippen molar-refractivity contribution in [1.29, 1.82) is 0 Å². The van der Waals surface area contributed by atoms with E-state index in [1.54, 1.807) is 18.0 Å². The fourth-order valence-corrected chi connectivity index (χ4v) is 6.37. The Kier molecular flexibility index (Phi) is 8.99. The zero-order valence-electron chi connectivity index (χ0n) is 24.8. The van der Waals surface area contributed by atoms with E-state index < -0.39 is 35.7 Å². The maximum Gasteiger partial charge on any atom is 0.416 e. The first-order valence-corrected chi connectivity index (χ1v) is 14.6. The van der Waals surface area contributed by atoms with Crippen LogP contribution in [0.1, 0.15) is 60.0 Å². The molecule has 10 heteroatoms. The summed E-state index contributed by atoms with van der Waals surface area (Å²) in [6.07, 6.45) is -3.41. The highest BCUT2D eigenvalue weighted by Crippen LogP contribution is 2.44. The third-order valence-corrected chi connectivity index (χ3v) is 8.68. The lowest BCUT2D eigenvalue weighted by Gasteiger charge is -2.42. The number of alkyl halides is 3. The van der Waals surface area contributed by atoms with E-state index in [1.807, 2.05) is 49.4 Å². The molecule has 3 aromatic carbocycles. The van der Waals surface area contributed by atoms with Crippen molar-refractivity contribution in [2.75, 3.05) is 25.7 Å². The van der Waals surface area contributed by atoms with Crippen LogP contribution in [-0.2, 0) is 25.3 Å². The summed E-state index contributed by atoms with van der Waals surface area (Å²) in [4.78, 5) is 43.1. The Balaban J connectivity index is 1.42. The number of anilines is 1.